The van der Waals surface area contributed by atoms with Crippen molar-refractivity contribution in [2.24, 2.45) is 0 Å². The van der Waals surface area contributed by atoms with Crippen molar-refractivity contribution >= 4 is 76.2 Å². The summed E-state index contributed by atoms with van der Waals surface area (Å²) < 4.78 is 18.4. The molecule has 4 nitrogen and oxygen atoms in total. The van der Waals surface area contributed by atoms with Crippen LogP contribution in [0.1, 0.15) is 13.3 Å². The number of carboxylic acid groups (broad SMARTS) is 1. The van der Waals surface area contributed by atoms with Gasteiger partial charge in [0.05, 0.1) is 11.7 Å². The molecule has 0 fully saturated rings. The van der Waals surface area contributed by atoms with E-state index in [0.29, 0.717) is 0 Å². The van der Waals surface area contributed by atoms with E-state index in [-0.39, 0.29) is 65.5 Å². The molecule has 7 heteroatoms. The molecule has 2 N–H and O–H groups in total. The summed E-state index contributed by atoms with van der Waals surface area (Å²) in [5.74, 6) is -1.05. The molecule has 56 valence electrons. The minimum absolute atomic E-state index is 0. The standard InChI is InChI=1S/C4H8O4S.2Na/c1-3(9(7)8)2-4(5)6;;/h3H,2H2,1H3,(H,5,6)(H,7,8);;. The zero-order valence-corrected chi connectivity index (χ0v) is 11.7. The smallest absolute Gasteiger partial charge is 0.304 e. The van der Waals surface area contributed by atoms with Crippen LogP contribution in [-0.4, -0.2) is 84.2 Å². The molecule has 0 saturated carbocycles. The van der Waals surface area contributed by atoms with Gasteiger partial charge in [0.15, 0.2) is 11.1 Å². The summed E-state index contributed by atoms with van der Waals surface area (Å²) in [6.45, 7) is 1.41. The predicted molar refractivity (Wildman–Crippen MR) is 44.0 cm³/mol. The number of aliphatic carboxylic acids is 1. The Morgan fingerprint density at radius 3 is 2.00 bits per heavy atom. The monoisotopic (exact) mass is 198 g/mol. The van der Waals surface area contributed by atoms with Crippen LogP contribution in [0.25, 0.3) is 0 Å². The first kappa shape index (κ1) is 18.4. The van der Waals surface area contributed by atoms with Crippen molar-refractivity contribution in [2.75, 3.05) is 0 Å². The van der Waals surface area contributed by atoms with Crippen molar-refractivity contribution < 1.29 is 18.7 Å². The van der Waals surface area contributed by atoms with E-state index in [2.05, 4.69) is 0 Å². The predicted octanol–water partition coefficient (Wildman–Crippen LogP) is -0.690. The van der Waals surface area contributed by atoms with Gasteiger partial charge in [0.1, 0.15) is 0 Å². The first-order chi connectivity index (χ1) is 4.04. The van der Waals surface area contributed by atoms with Crippen LogP contribution in [0, 0.1) is 0 Å². The zero-order valence-electron chi connectivity index (χ0n) is 6.90. The molecule has 0 heterocycles. The molecule has 0 aromatic carbocycles. The van der Waals surface area contributed by atoms with Crippen LogP contribution in [0.3, 0.4) is 0 Å². The molecular weight excluding hydrogens is 190 g/mol. The number of hydrogen-bond donors (Lipinski definition) is 2. The van der Waals surface area contributed by atoms with Crippen LogP contribution in [0.5, 0.6) is 0 Å². The third kappa shape index (κ3) is 11.6. The summed E-state index contributed by atoms with van der Waals surface area (Å²) in [5.41, 5.74) is 0. The van der Waals surface area contributed by atoms with E-state index >= 15 is 0 Å². The number of rotatable bonds is 3. The average Bonchev–Trinajstić information content (AvgIpc) is 1.63. The summed E-state index contributed by atoms with van der Waals surface area (Å²) >= 11 is -2.01. The minimum atomic E-state index is -2.01. The molecule has 2 unspecified atom stereocenters. The Kier molecular flexibility index (Phi) is 16.2. The fraction of sp³-hybridized carbons (Fsp3) is 0.750. The van der Waals surface area contributed by atoms with Crippen molar-refractivity contribution in [1.82, 2.24) is 0 Å². The summed E-state index contributed by atoms with van der Waals surface area (Å²) in [6, 6.07) is 0. The summed E-state index contributed by atoms with van der Waals surface area (Å²) in [6.07, 6.45) is -0.261. The van der Waals surface area contributed by atoms with Gasteiger partial charge in [-0.15, -0.1) is 0 Å². The van der Waals surface area contributed by atoms with E-state index in [9.17, 15) is 9.00 Å². The largest absolute Gasteiger partial charge is 0.481 e. The van der Waals surface area contributed by atoms with Gasteiger partial charge >= 0.3 is 5.97 Å². The topological polar surface area (TPSA) is 74.6 Å². The normalized spacial score (nSPS) is 13.6. The Morgan fingerprint density at radius 2 is 1.91 bits per heavy atom. The van der Waals surface area contributed by atoms with E-state index in [1.807, 2.05) is 0 Å². The van der Waals surface area contributed by atoms with Crippen molar-refractivity contribution in [3.05, 3.63) is 0 Å². The van der Waals surface area contributed by atoms with Crippen molar-refractivity contribution in [3.8, 4) is 0 Å². The number of carboxylic acids is 1. The van der Waals surface area contributed by atoms with E-state index in [4.69, 9.17) is 9.66 Å². The van der Waals surface area contributed by atoms with Gasteiger partial charge in [-0.2, -0.15) is 0 Å². The summed E-state index contributed by atoms with van der Waals surface area (Å²) in [5, 5.41) is 7.41. The van der Waals surface area contributed by atoms with Crippen LogP contribution >= 0.6 is 0 Å². The third-order valence-electron chi connectivity index (χ3n) is 0.806. The van der Waals surface area contributed by atoms with Gasteiger partial charge in [-0.3, -0.25) is 4.79 Å². The van der Waals surface area contributed by atoms with Gasteiger partial charge in [0, 0.05) is 59.1 Å². The molecule has 2 atom stereocenters. The van der Waals surface area contributed by atoms with Crippen molar-refractivity contribution in [2.45, 2.75) is 18.6 Å². The number of carbonyl (C=O) groups is 1. The third-order valence-corrected chi connectivity index (χ3v) is 1.66. The first-order valence-electron chi connectivity index (χ1n) is 2.35. The molecule has 0 bridgehead atoms. The Morgan fingerprint density at radius 1 is 1.55 bits per heavy atom. The molecule has 11 heavy (non-hydrogen) atoms. The van der Waals surface area contributed by atoms with Crippen molar-refractivity contribution in [1.29, 1.82) is 0 Å². The second-order valence-electron chi connectivity index (χ2n) is 1.68. The molecule has 0 amide bonds. The molecule has 0 aliphatic rings. The van der Waals surface area contributed by atoms with E-state index < -0.39 is 22.3 Å². The molecule has 0 aliphatic carbocycles. The Labute approximate surface area is 112 Å². The van der Waals surface area contributed by atoms with Crippen LogP contribution < -0.4 is 0 Å². The fourth-order valence-electron chi connectivity index (χ4n) is 0.317. The first-order valence-corrected chi connectivity index (χ1v) is 3.52. The molecular formula is C4H8Na2O4S. The maximum atomic E-state index is 10.1. The van der Waals surface area contributed by atoms with Gasteiger partial charge in [-0.25, -0.2) is 4.21 Å². The molecule has 2 radical (unpaired) electrons. The fourth-order valence-corrected chi connectivity index (χ4v) is 0.602. The van der Waals surface area contributed by atoms with E-state index in [1.165, 1.54) is 6.92 Å². The molecule has 0 rings (SSSR count). The zero-order chi connectivity index (χ0) is 7.44. The number of hydrogen-bond acceptors (Lipinski definition) is 2. The van der Waals surface area contributed by atoms with Crippen LogP contribution in [-0.2, 0) is 15.9 Å². The van der Waals surface area contributed by atoms with E-state index in [0.717, 1.165) is 0 Å². The van der Waals surface area contributed by atoms with Gasteiger partial charge in [0.2, 0.25) is 0 Å². The minimum Gasteiger partial charge on any atom is -0.481 e. The summed E-state index contributed by atoms with van der Waals surface area (Å²) in [7, 11) is 0. The Balaban J connectivity index is -0.000000320. The van der Waals surface area contributed by atoms with Crippen molar-refractivity contribution in [3.63, 3.8) is 0 Å². The van der Waals surface area contributed by atoms with Crippen LogP contribution in [0.15, 0.2) is 0 Å². The summed E-state index contributed by atoms with van der Waals surface area (Å²) in [4.78, 5) is 9.87. The average molecular weight is 198 g/mol. The quantitative estimate of drug-likeness (QED) is 0.465. The van der Waals surface area contributed by atoms with Gasteiger partial charge in [-0.1, -0.05) is 0 Å². The second kappa shape index (κ2) is 9.67. The Bertz CT molecular complexity index is 140. The van der Waals surface area contributed by atoms with Gasteiger partial charge in [0.25, 0.3) is 0 Å². The Hall–Kier alpha value is 1.58. The van der Waals surface area contributed by atoms with Crippen LogP contribution in [0.2, 0.25) is 0 Å². The van der Waals surface area contributed by atoms with Gasteiger partial charge < -0.3 is 9.66 Å². The second-order valence-corrected chi connectivity index (χ2v) is 3.04. The molecule has 0 aromatic rings. The molecule has 0 aliphatic heterocycles. The molecule has 0 aromatic heterocycles. The SMILES string of the molecule is CC(CC(=O)O)S(=O)O.[Na].[Na]. The maximum Gasteiger partial charge on any atom is 0.304 e. The van der Waals surface area contributed by atoms with Crippen LogP contribution in [0.4, 0.5) is 0 Å². The molecule has 0 saturated heterocycles. The maximum absolute atomic E-state index is 10.1. The van der Waals surface area contributed by atoms with E-state index in [1.54, 1.807) is 0 Å². The van der Waals surface area contributed by atoms with Gasteiger partial charge in [-0.05, 0) is 6.92 Å². The molecule has 0 spiro atoms.